The molecule has 1 aromatic rings. The van der Waals surface area contributed by atoms with Gasteiger partial charge in [-0.05, 0) is 31.7 Å². The van der Waals surface area contributed by atoms with Crippen molar-refractivity contribution in [3.8, 4) is 0 Å². The summed E-state index contributed by atoms with van der Waals surface area (Å²) >= 11 is 0. The largest absolute Gasteiger partial charge is 0.394 e. The van der Waals surface area contributed by atoms with E-state index in [0.717, 1.165) is 5.56 Å². The van der Waals surface area contributed by atoms with E-state index in [4.69, 9.17) is 28.4 Å². The lowest BCUT2D eigenvalue weighted by molar-refractivity contribution is -0.384. The molecule has 1 aromatic carbocycles. The van der Waals surface area contributed by atoms with Crippen molar-refractivity contribution in [1.29, 1.82) is 0 Å². The van der Waals surface area contributed by atoms with E-state index in [1.54, 1.807) is 12.1 Å². The average molecular weight is 666 g/mol. The molecular formula is C28H43NO17. The fourth-order valence-electron chi connectivity index (χ4n) is 5.56. The maximum atomic E-state index is 11.0. The first-order valence-electron chi connectivity index (χ1n) is 15.0. The van der Waals surface area contributed by atoms with Gasteiger partial charge in [0.15, 0.2) is 18.9 Å². The standard InChI is InChI=1S/C28H43NO17/c1-12-24(45-28-21(36)19(34)17(32)15(10-30)44-28)20(35)22(37)27(42-12)46-25-18(33)16(11-31)43-26(23(25)38)41-9-3-2-4-13-5-7-14(8-6-13)29(39)40/h5-8,12,15-28,30-38H,2-4,9-11H2,1H3/t12-,15+,16+,17+,18-,19-,20-,21-,22+,23+,24-,25-,26+,27-,28-/m0/s1. The molecule has 3 aliphatic rings. The van der Waals surface area contributed by atoms with Crippen LogP contribution in [0.25, 0.3) is 0 Å². The van der Waals surface area contributed by atoms with Crippen LogP contribution in [0.15, 0.2) is 24.3 Å². The first-order valence-corrected chi connectivity index (χ1v) is 15.0. The molecule has 0 unspecified atom stereocenters. The Balaban J connectivity index is 1.32. The van der Waals surface area contributed by atoms with Gasteiger partial charge >= 0.3 is 0 Å². The minimum Gasteiger partial charge on any atom is -0.394 e. The summed E-state index contributed by atoms with van der Waals surface area (Å²) in [5.74, 6) is 0. The first-order chi connectivity index (χ1) is 21.9. The molecule has 0 spiro atoms. The molecule has 0 radical (unpaired) electrons. The molecule has 0 bridgehead atoms. The van der Waals surface area contributed by atoms with Crippen molar-refractivity contribution in [2.75, 3.05) is 19.8 Å². The van der Waals surface area contributed by atoms with Crippen molar-refractivity contribution in [2.45, 2.75) is 118 Å². The Kier molecular flexibility index (Phi) is 13.2. The molecule has 9 N–H and O–H groups in total. The Hall–Kier alpha value is -1.98. The minimum absolute atomic E-state index is 0.00994. The maximum absolute atomic E-state index is 11.0. The number of nitro benzene ring substituents is 1. The van der Waals surface area contributed by atoms with E-state index in [1.165, 1.54) is 19.1 Å². The lowest BCUT2D eigenvalue weighted by Crippen LogP contribution is -2.66. The Morgan fingerprint density at radius 2 is 1.26 bits per heavy atom. The van der Waals surface area contributed by atoms with Gasteiger partial charge in [-0.1, -0.05) is 12.1 Å². The molecule has 15 atom stereocenters. The molecule has 3 aliphatic heterocycles. The zero-order valence-electron chi connectivity index (χ0n) is 25.0. The molecule has 4 rings (SSSR count). The normalized spacial score (nSPS) is 41.7. The van der Waals surface area contributed by atoms with Crippen LogP contribution in [0.4, 0.5) is 5.69 Å². The number of nitro groups is 1. The topological polar surface area (TPSA) is 281 Å². The number of rotatable bonds is 13. The summed E-state index contributed by atoms with van der Waals surface area (Å²) in [6.45, 7) is 0.150. The predicted molar refractivity (Wildman–Crippen MR) is 150 cm³/mol. The zero-order valence-corrected chi connectivity index (χ0v) is 25.0. The SMILES string of the molecule is C[C@@H]1O[C@@H](O[C@H]2[C@@H](O)[C@@H](CO)O[C@@H](OCCCCc3ccc([N+](=O)[O-])cc3)[C@@H]2O)[C@H](O)[C@H](O)[C@H]1O[C@@H]1O[C@H](CO)[C@@H](O)[C@H](O)[C@@H]1O. The summed E-state index contributed by atoms with van der Waals surface area (Å²) in [4.78, 5) is 10.3. The molecule has 0 aliphatic carbocycles. The van der Waals surface area contributed by atoms with Crippen molar-refractivity contribution in [3.63, 3.8) is 0 Å². The van der Waals surface area contributed by atoms with Crippen LogP contribution >= 0.6 is 0 Å². The van der Waals surface area contributed by atoms with Crippen molar-refractivity contribution in [2.24, 2.45) is 0 Å². The van der Waals surface area contributed by atoms with Gasteiger partial charge in [0.05, 0.1) is 24.2 Å². The Morgan fingerprint density at radius 1 is 0.696 bits per heavy atom. The quantitative estimate of drug-likeness (QED) is 0.0559. The number of nitrogens with zero attached hydrogens (tertiary/aromatic N) is 1. The third-order valence-corrected chi connectivity index (χ3v) is 8.32. The molecule has 18 heteroatoms. The Morgan fingerprint density at radius 3 is 1.89 bits per heavy atom. The molecular weight excluding hydrogens is 622 g/mol. The smallest absolute Gasteiger partial charge is 0.269 e. The third kappa shape index (κ3) is 8.35. The Labute approximate surface area is 263 Å². The van der Waals surface area contributed by atoms with E-state index in [1.807, 2.05) is 0 Å². The number of benzene rings is 1. The second-order valence-electron chi connectivity index (χ2n) is 11.5. The van der Waals surface area contributed by atoms with Crippen LogP contribution in [-0.2, 0) is 34.8 Å². The number of unbranched alkanes of at least 4 members (excludes halogenated alkanes) is 1. The van der Waals surface area contributed by atoms with Crippen LogP contribution in [0.5, 0.6) is 0 Å². The van der Waals surface area contributed by atoms with Gasteiger partial charge in [-0.25, -0.2) is 0 Å². The fraction of sp³-hybridized carbons (Fsp3) is 0.786. The van der Waals surface area contributed by atoms with Gasteiger partial charge in [-0.15, -0.1) is 0 Å². The summed E-state index contributed by atoms with van der Waals surface area (Å²) in [7, 11) is 0. The fourth-order valence-corrected chi connectivity index (χ4v) is 5.56. The van der Waals surface area contributed by atoms with Crippen molar-refractivity contribution in [3.05, 3.63) is 39.9 Å². The van der Waals surface area contributed by atoms with Crippen LogP contribution in [0.3, 0.4) is 0 Å². The molecule has 46 heavy (non-hydrogen) atoms. The van der Waals surface area contributed by atoms with Gasteiger partial charge in [0.2, 0.25) is 0 Å². The van der Waals surface area contributed by atoms with Gasteiger partial charge in [0.25, 0.3) is 5.69 Å². The molecule has 262 valence electrons. The number of aliphatic hydroxyl groups excluding tert-OH is 9. The summed E-state index contributed by atoms with van der Waals surface area (Å²) in [5, 5.41) is 104. The number of non-ortho nitro benzene ring substituents is 1. The van der Waals surface area contributed by atoms with E-state index in [9.17, 15) is 56.1 Å². The summed E-state index contributed by atoms with van der Waals surface area (Å²) < 4.78 is 33.5. The Bertz CT molecular complexity index is 1100. The van der Waals surface area contributed by atoms with Gasteiger partial charge < -0.3 is 74.4 Å². The number of aliphatic hydroxyl groups is 9. The van der Waals surface area contributed by atoms with E-state index in [2.05, 4.69) is 0 Å². The lowest BCUT2D eigenvalue weighted by Gasteiger charge is -2.47. The van der Waals surface area contributed by atoms with E-state index in [-0.39, 0.29) is 12.3 Å². The molecule has 3 heterocycles. The van der Waals surface area contributed by atoms with Crippen LogP contribution in [0.1, 0.15) is 25.3 Å². The average Bonchev–Trinajstić information content (AvgIpc) is 3.04. The van der Waals surface area contributed by atoms with E-state index >= 15 is 0 Å². The van der Waals surface area contributed by atoms with E-state index < -0.39 is 110 Å². The van der Waals surface area contributed by atoms with Crippen LogP contribution in [0, 0.1) is 10.1 Å². The van der Waals surface area contributed by atoms with Gasteiger partial charge in [-0.3, -0.25) is 10.1 Å². The predicted octanol–water partition coefficient (Wildman–Crippen LogP) is -3.59. The monoisotopic (exact) mass is 665 g/mol. The summed E-state index contributed by atoms with van der Waals surface area (Å²) in [5.41, 5.74) is 0.879. The molecule has 18 nitrogen and oxygen atoms in total. The van der Waals surface area contributed by atoms with Gasteiger partial charge in [-0.2, -0.15) is 0 Å². The highest BCUT2D eigenvalue weighted by atomic mass is 16.8. The lowest BCUT2D eigenvalue weighted by atomic mass is 9.96. The highest BCUT2D eigenvalue weighted by Crippen LogP contribution is 2.32. The first kappa shape index (κ1) is 36.8. The number of hydrogen-bond donors (Lipinski definition) is 9. The van der Waals surface area contributed by atoms with Crippen LogP contribution < -0.4 is 0 Å². The van der Waals surface area contributed by atoms with Crippen LogP contribution in [-0.4, -0.2) is 163 Å². The zero-order chi connectivity index (χ0) is 33.7. The second-order valence-corrected chi connectivity index (χ2v) is 11.5. The minimum atomic E-state index is -1.83. The molecule has 3 saturated heterocycles. The van der Waals surface area contributed by atoms with Crippen LogP contribution in [0.2, 0.25) is 0 Å². The summed E-state index contributed by atoms with van der Waals surface area (Å²) in [6.07, 6.45) is -21.3. The van der Waals surface area contributed by atoms with E-state index in [0.29, 0.717) is 19.3 Å². The molecule has 0 saturated carbocycles. The number of ether oxygens (including phenoxy) is 6. The van der Waals surface area contributed by atoms with Crippen molar-refractivity contribution in [1.82, 2.24) is 0 Å². The number of hydrogen-bond acceptors (Lipinski definition) is 17. The second kappa shape index (κ2) is 16.4. The number of aryl methyl sites for hydroxylation is 1. The van der Waals surface area contributed by atoms with Crippen molar-refractivity contribution >= 4 is 5.69 Å². The highest BCUT2D eigenvalue weighted by molar-refractivity contribution is 5.32. The van der Waals surface area contributed by atoms with Gasteiger partial charge in [0.1, 0.15) is 67.1 Å². The highest BCUT2D eigenvalue weighted by Gasteiger charge is 2.52. The van der Waals surface area contributed by atoms with Crippen molar-refractivity contribution < 1.29 is 79.3 Å². The third-order valence-electron chi connectivity index (χ3n) is 8.32. The molecule has 3 fully saturated rings. The molecule has 0 amide bonds. The molecule has 0 aromatic heterocycles. The van der Waals surface area contributed by atoms with Gasteiger partial charge in [0, 0.05) is 18.7 Å². The summed E-state index contributed by atoms with van der Waals surface area (Å²) in [6, 6.07) is 6.15. The maximum Gasteiger partial charge on any atom is 0.269 e.